The van der Waals surface area contributed by atoms with E-state index in [2.05, 4.69) is 5.32 Å². The van der Waals surface area contributed by atoms with Gasteiger partial charge in [0, 0.05) is 13.8 Å². The van der Waals surface area contributed by atoms with E-state index in [4.69, 9.17) is 9.47 Å². The number of rotatable bonds is 7. The number of carboxylic acid groups (broad SMARTS) is 1. The first-order chi connectivity index (χ1) is 12.0. The first kappa shape index (κ1) is 21.5. The molecule has 0 radical (unpaired) electrons. The molecule has 1 rings (SSSR count). The first-order valence-corrected chi connectivity index (χ1v) is 8.50. The summed E-state index contributed by atoms with van der Waals surface area (Å²) in [5.74, 6) is -2.48. The Kier molecular flexibility index (Phi) is 7.63. The molecule has 1 amide bonds. The lowest BCUT2D eigenvalue weighted by atomic mass is 10.0. The van der Waals surface area contributed by atoms with Gasteiger partial charge in [-0.25, -0.2) is 14.4 Å². The van der Waals surface area contributed by atoms with Gasteiger partial charge in [0.15, 0.2) is 0 Å². The summed E-state index contributed by atoms with van der Waals surface area (Å²) < 4.78 is 8.80. The highest BCUT2D eigenvalue weighted by Crippen LogP contribution is 2.30. The molecule has 2 atom stereocenters. The molecule has 1 aromatic carbocycles. The number of carbonyl (C=O) groups excluding carboxylic acids is 3. The van der Waals surface area contributed by atoms with Gasteiger partial charge in [0.05, 0.1) is 10.3 Å². The molecule has 0 aliphatic carbocycles. The Labute approximate surface area is 155 Å². The number of nitrogens with one attached hydrogen (secondary N) is 1. The van der Waals surface area contributed by atoms with Crippen LogP contribution in [0.1, 0.15) is 38.1 Å². The van der Waals surface area contributed by atoms with Crippen molar-refractivity contribution in [3.8, 4) is 0 Å². The second-order valence-electron chi connectivity index (χ2n) is 5.88. The summed E-state index contributed by atoms with van der Waals surface area (Å²) >= 11 is 0.584. The van der Waals surface area contributed by atoms with E-state index in [0.717, 1.165) is 0 Å². The topological polar surface area (TPSA) is 119 Å². The second kappa shape index (κ2) is 9.23. The van der Waals surface area contributed by atoms with Crippen LogP contribution in [-0.2, 0) is 19.1 Å². The molecule has 8 nitrogen and oxygen atoms in total. The van der Waals surface area contributed by atoms with Crippen LogP contribution in [0.15, 0.2) is 30.3 Å². The maximum absolute atomic E-state index is 12.0. The Balaban J connectivity index is 2.64. The Morgan fingerprint density at radius 2 is 1.69 bits per heavy atom. The maximum Gasteiger partial charge on any atom is 0.370 e. The predicted molar refractivity (Wildman–Crippen MR) is 94.7 cm³/mol. The minimum absolute atomic E-state index is 0.306. The van der Waals surface area contributed by atoms with Crippen molar-refractivity contribution in [2.45, 2.75) is 44.8 Å². The number of ether oxygens (including phenoxy) is 2. The zero-order valence-corrected chi connectivity index (χ0v) is 15.7. The summed E-state index contributed by atoms with van der Waals surface area (Å²) in [7, 11) is 0. The van der Waals surface area contributed by atoms with Crippen molar-refractivity contribution in [1.29, 1.82) is 0 Å². The molecule has 0 spiro atoms. The van der Waals surface area contributed by atoms with Crippen molar-refractivity contribution in [2.24, 2.45) is 0 Å². The van der Waals surface area contributed by atoms with Crippen LogP contribution >= 0.6 is 11.8 Å². The Hall–Kier alpha value is -2.55. The third-order valence-electron chi connectivity index (χ3n) is 3.18. The van der Waals surface area contributed by atoms with Gasteiger partial charge in [0.1, 0.15) is 6.04 Å². The van der Waals surface area contributed by atoms with Gasteiger partial charge >= 0.3 is 17.2 Å². The fraction of sp³-hybridized carbons (Fsp3) is 0.412. The van der Waals surface area contributed by atoms with Crippen LogP contribution in [0.2, 0.25) is 0 Å². The molecule has 0 bridgehead atoms. The van der Waals surface area contributed by atoms with Crippen LogP contribution in [0.5, 0.6) is 0 Å². The number of hydrogen-bond donors (Lipinski definition) is 2. The van der Waals surface area contributed by atoms with E-state index in [9.17, 15) is 24.3 Å². The lowest BCUT2D eigenvalue weighted by Gasteiger charge is -2.30. The second-order valence-corrected chi connectivity index (χ2v) is 7.47. The van der Waals surface area contributed by atoms with Crippen LogP contribution < -0.4 is 5.32 Å². The van der Waals surface area contributed by atoms with Crippen molar-refractivity contribution in [3.05, 3.63) is 35.9 Å². The van der Waals surface area contributed by atoms with E-state index >= 15 is 0 Å². The van der Waals surface area contributed by atoms with Gasteiger partial charge in [-0.1, -0.05) is 18.2 Å². The van der Waals surface area contributed by atoms with Gasteiger partial charge in [0.25, 0.3) is 0 Å². The number of amides is 1. The van der Waals surface area contributed by atoms with Gasteiger partial charge in [-0.3, -0.25) is 4.79 Å². The Bertz CT molecular complexity index is 675. The number of hydrogen-bond acceptors (Lipinski definition) is 7. The molecule has 0 aliphatic heterocycles. The minimum atomic E-state index is -1.31. The summed E-state index contributed by atoms with van der Waals surface area (Å²) in [5, 5.41) is 10.7. The molecule has 1 aromatic rings. The number of aliphatic carboxylic acids is 1. The molecule has 0 saturated carbocycles. The van der Waals surface area contributed by atoms with Crippen molar-refractivity contribution in [3.63, 3.8) is 0 Å². The van der Waals surface area contributed by atoms with E-state index in [1.807, 2.05) is 0 Å². The standard InChI is InChI=1S/C17H21NO7S/c1-10(19)18-13(14(20)21)17(3,4)26-16(23)25-11(2)24-15(22)12-8-6-5-7-9-12/h5-9,11,13H,1-4H3,(H,18,19)(H,20,21)/t11-,13-/m0/s1. The third kappa shape index (κ3) is 6.75. The molecular weight excluding hydrogens is 362 g/mol. The number of thioether (sulfide) groups is 1. The maximum atomic E-state index is 12.0. The van der Waals surface area contributed by atoms with Gasteiger partial charge < -0.3 is 19.9 Å². The minimum Gasteiger partial charge on any atom is -0.480 e. The lowest BCUT2D eigenvalue weighted by Crippen LogP contribution is -2.52. The van der Waals surface area contributed by atoms with E-state index in [1.165, 1.54) is 27.7 Å². The predicted octanol–water partition coefficient (Wildman–Crippen LogP) is 2.43. The van der Waals surface area contributed by atoms with Gasteiger partial charge in [-0.05, 0) is 37.7 Å². The molecule has 0 aliphatic rings. The Morgan fingerprint density at radius 3 is 2.19 bits per heavy atom. The average Bonchev–Trinajstić information content (AvgIpc) is 2.51. The zero-order valence-electron chi connectivity index (χ0n) is 14.8. The molecule has 0 heterocycles. The highest BCUT2D eigenvalue weighted by Gasteiger charge is 2.39. The third-order valence-corrected chi connectivity index (χ3v) is 4.21. The fourth-order valence-electron chi connectivity index (χ4n) is 1.99. The van der Waals surface area contributed by atoms with Crippen molar-refractivity contribution in [1.82, 2.24) is 5.32 Å². The van der Waals surface area contributed by atoms with Gasteiger partial charge in [0.2, 0.25) is 12.2 Å². The van der Waals surface area contributed by atoms with Gasteiger partial charge in [-0.2, -0.15) is 0 Å². The molecule has 0 fully saturated rings. The molecule has 2 N–H and O–H groups in total. The molecule has 9 heteroatoms. The van der Waals surface area contributed by atoms with E-state index in [0.29, 0.717) is 17.3 Å². The monoisotopic (exact) mass is 383 g/mol. The first-order valence-electron chi connectivity index (χ1n) is 7.68. The van der Waals surface area contributed by atoms with E-state index < -0.39 is 40.2 Å². The van der Waals surface area contributed by atoms with E-state index in [1.54, 1.807) is 30.3 Å². The quantitative estimate of drug-likeness (QED) is 0.544. The molecule has 26 heavy (non-hydrogen) atoms. The molecule has 142 valence electrons. The van der Waals surface area contributed by atoms with Crippen LogP contribution in [-0.4, -0.2) is 45.3 Å². The van der Waals surface area contributed by atoms with Crippen LogP contribution in [0.4, 0.5) is 4.79 Å². The molecule has 0 saturated heterocycles. The molecular formula is C17H21NO7S. The summed E-state index contributed by atoms with van der Waals surface area (Å²) in [6.07, 6.45) is -1.16. The highest BCUT2D eigenvalue weighted by molar-refractivity contribution is 8.14. The lowest BCUT2D eigenvalue weighted by molar-refractivity contribution is -0.142. The summed E-state index contributed by atoms with van der Waals surface area (Å²) in [6.45, 7) is 5.51. The Morgan fingerprint density at radius 1 is 1.12 bits per heavy atom. The normalized spacial score (nSPS) is 13.2. The average molecular weight is 383 g/mol. The SMILES string of the molecule is CC(=O)N[C@@H](C(=O)O)C(C)(C)SC(=O)O[C@@H](C)OC(=O)c1ccccc1. The largest absolute Gasteiger partial charge is 0.480 e. The number of esters is 1. The molecule has 0 aromatic heterocycles. The summed E-state index contributed by atoms with van der Waals surface area (Å²) in [5.41, 5.74) is 0.306. The van der Waals surface area contributed by atoms with Gasteiger partial charge in [-0.15, -0.1) is 0 Å². The zero-order chi connectivity index (χ0) is 19.9. The number of benzene rings is 1. The summed E-state index contributed by atoms with van der Waals surface area (Å²) in [4.78, 5) is 46.4. The smallest absolute Gasteiger partial charge is 0.370 e. The molecule has 0 unspecified atom stereocenters. The highest BCUT2D eigenvalue weighted by atomic mass is 32.2. The van der Waals surface area contributed by atoms with Crippen molar-refractivity contribution in [2.75, 3.05) is 0 Å². The fourth-order valence-corrected chi connectivity index (χ4v) is 2.88. The van der Waals surface area contributed by atoms with Crippen molar-refractivity contribution < 1.29 is 33.8 Å². The van der Waals surface area contributed by atoms with Crippen LogP contribution in [0, 0.1) is 0 Å². The number of carbonyl (C=O) groups is 4. The van der Waals surface area contributed by atoms with Crippen molar-refractivity contribution >= 4 is 34.9 Å². The van der Waals surface area contributed by atoms with Crippen LogP contribution in [0.25, 0.3) is 0 Å². The van der Waals surface area contributed by atoms with Crippen LogP contribution in [0.3, 0.4) is 0 Å². The van der Waals surface area contributed by atoms with E-state index in [-0.39, 0.29) is 0 Å². The summed E-state index contributed by atoms with van der Waals surface area (Å²) in [6, 6.07) is 6.88. The number of carboxylic acids is 1.